The van der Waals surface area contributed by atoms with Gasteiger partial charge in [-0.1, -0.05) is 42.8 Å². The van der Waals surface area contributed by atoms with Crippen molar-refractivity contribution in [3.8, 4) is 11.5 Å². The van der Waals surface area contributed by atoms with Crippen LogP contribution >= 0.6 is 0 Å². The molecule has 7 nitrogen and oxygen atoms in total. The van der Waals surface area contributed by atoms with Crippen molar-refractivity contribution in [2.75, 3.05) is 32.7 Å². The molecule has 0 unspecified atom stereocenters. The number of hydrogen-bond donors (Lipinski definition) is 1. The van der Waals surface area contributed by atoms with Crippen LogP contribution in [0, 0.1) is 0 Å². The van der Waals surface area contributed by atoms with Crippen LogP contribution in [0.15, 0.2) is 48.5 Å². The van der Waals surface area contributed by atoms with Crippen molar-refractivity contribution in [1.82, 2.24) is 9.80 Å². The van der Waals surface area contributed by atoms with Crippen molar-refractivity contribution in [3.63, 3.8) is 0 Å². The summed E-state index contributed by atoms with van der Waals surface area (Å²) in [7, 11) is 0. The molecular weight excluding hydrogens is 432 g/mol. The second kappa shape index (κ2) is 9.66. The van der Waals surface area contributed by atoms with E-state index in [4.69, 9.17) is 9.47 Å². The Morgan fingerprint density at radius 2 is 1.50 bits per heavy atom. The molecule has 2 aliphatic rings. The average Bonchev–Trinajstić information content (AvgIpc) is 2.80. The molecule has 0 radical (unpaired) electrons. The van der Waals surface area contributed by atoms with E-state index in [-0.39, 0.29) is 6.09 Å². The Morgan fingerprint density at radius 1 is 0.941 bits per heavy atom. The zero-order valence-corrected chi connectivity index (χ0v) is 20.3. The molecule has 2 aromatic rings. The highest BCUT2D eigenvalue weighted by Gasteiger charge is 2.48. The molecule has 2 heterocycles. The van der Waals surface area contributed by atoms with Crippen molar-refractivity contribution in [3.05, 3.63) is 59.7 Å². The number of rotatable bonds is 6. The zero-order valence-electron chi connectivity index (χ0n) is 20.3. The minimum Gasteiger partial charge on any atom is -0.480 e. The van der Waals surface area contributed by atoms with Crippen LogP contribution in [0.3, 0.4) is 0 Å². The third kappa shape index (κ3) is 4.89. The van der Waals surface area contributed by atoms with Gasteiger partial charge in [0.25, 0.3) is 0 Å². The maximum Gasteiger partial charge on any atom is 0.410 e. The van der Waals surface area contributed by atoms with E-state index in [2.05, 4.69) is 4.90 Å². The Hall–Kier alpha value is -3.06. The molecule has 182 valence electrons. The van der Waals surface area contributed by atoms with Gasteiger partial charge >= 0.3 is 12.1 Å². The monoisotopic (exact) mass is 466 g/mol. The normalized spacial score (nSPS) is 17.3. The maximum atomic E-state index is 12.8. The van der Waals surface area contributed by atoms with Crippen molar-refractivity contribution < 1.29 is 24.2 Å². The van der Waals surface area contributed by atoms with E-state index in [1.165, 1.54) is 0 Å². The van der Waals surface area contributed by atoms with E-state index >= 15 is 0 Å². The van der Waals surface area contributed by atoms with E-state index in [1.807, 2.05) is 69.3 Å². The van der Waals surface area contributed by atoms with E-state index < -0.39 is 17.0 Å². The summed E-state index contributed by atoms with van der Waals surface area (Å²) in [6.07, 6.45) is 1.89. The molecular formula is C27H34N2O5. The molecule has 0 saturated carbocycles. The fourth-order valence-electron chi connectivity index (χ4n) is 4.89. The molecule has 2 aliphatic heterocycles. The van der Waals surface area contributed by atoms with Crippen molar-refractivity contribution in [2.45, 2.75) is 51.0 Å². The smallest absolute Gasteiger partial charge is 0.410 e. The number of carboxylic acids is 1. The van der Waals surface area contributed by atoms with Crippen LogP contribution in [0.1, 0.15) is 51.2 Å². The number of hydrogen-bond acceptors (Lipinski definition) is 5. The fourth-order valence-corrected chi connectivity index (χ4v) is 4.89. The first-order chi connectivity index (χ1) is 16.2. The molecule has 0 spiro atoms. The zero-order chi connectivity index (χ0) is 24.3. The van der Waals surface area contributed by atoms with Gasteiger partial charge in [0.1, 0.15) is 22.5 Å². The maximum absolute atomic E-state index is 12.8. The largest absolute Gasteiger partial charge is 0.480 e. The summed E-state index contributed by atoms with van der Waals surface area (Å²) in [5.74, 6) is 0.380. The number of benzene rings is 2. The molecule has 0 bridgehead atoms. The van der Waals surface area contributed by atoms with E-state index in [0.717, 1.165) is 32.5 Å². The molecule has 1 N–H and O–H groups in total. The molecule has 7 heteroatoms. The van der Waals surface area contributed by atoms with Crippen LogP contribution in [-0.4, -0.2) is 65.3 Å². The van der Waals surface area contributed by atoms with Crippen LogP contribution in [0.25, 0.3) is 0 Å². The first-order valence-electron chi connectivity index (χ1n) is 12.0. The van der Waals surface area contributed by atoms with Crippen LogP contribution < -0.4 is 4.74 Å². The Balaban J connectivity index is 1.38. The van der Waals surface area contributed by atoms with Gasteiger partial charge in [-0.3, -0.25) is 9.69 Å². The van der Waals surface area contributed by atoms with Crippen LogP contribution in [0.5, 0.6) is 11.5 Å². The van der Waals surface area contributed by atoms with Crippen LogP contribution in [0.4, 0.5) is 4.79 Å². The molecule has 1 saturated heterocycles. The molecule has 0 aliphatic carbocycles. The molecule has 2 aromatic carbocycles. The highest BCUT2D eigenvalue weighted by molar-refractivity contribution is 5.89. The second-order valence-corrected chi connectivity index (χ2v) is 10.1. The lowest BCUT2D eigenvalue weighted by molar-refractivity contribution is -0.142. The van der Waals surface area contributed by atoms with E-state index in [0.29, 0.717) is 42.1 Å². The van der Waals surface area contributed by atoms with Crippen LogP contribution in [-0.2, 0) is 14.9 Å². The number of carboxylic acid groups (broad SMARTS) is 1. The molecule has 34 heavy (non-hydrogen) atoms. The van der Waals surface area contributed by atoms with Crippen molar-refractivity contribution in [2.24, 2.45) is 0 Å². The van der Waals surface area contributed by atoms with Crippen LogP contribution in [0.2, 0.25) is 0 Å². The Kier molecular flexibility index (Phi) is 6.84. The molecule has 1 fully saturated rings. The lowest BCUT2D eigenvalue weighted by Gasteiger charge is -2.37. The second-order valence-electron chi connectivity index (χ2n) is 10.1. The number of para-hydroxylation sites is 2. The molecule has 4 rings (SSSR count). The number of fused-ring (bicyclic) bond motifs is 2. The van der Waals surface area contributed by atoms with Gasteiger partial charge in [-0.25, -0.2) is 4.79 Å². The number of piperazine rings is 1. The minimum atomic E-state index is -1.12. The molecule has 0 atom stereocenters. The Morgan fingerprint density at radius 3 is 2.03 bits per heavy atom. The summed E-state index contributed by atoms with van der Waals surface area (Å²) in [6.45, 7) is 9.38. The lowest BCUT2D eigenvalue weighted by Crippen LogP contribution is -2.50. The Bertz CT molecular complexity index is 992. The number of aliphatic carboxylic acids is 1. The van der Waals surface area contributed by atoms with E-state index in [1.54, 1.807) is 4.90 Å². The predicted molar refractivity (Wildman–Crippen MR) is 129 cm³/mol. The third-order valence-corrected chi connectivity index (χ3v) is 6.58. The number of carbonyl (C=O) groups excluding carboxylic acids is 1. The fraction of sp³-hybridized carbons (Fsp3) is 0.481. The van der Waals surface area contributed by atoms with Gasteiger partial charge in [0, 0.05) is 37.3 Å². The van der Waals surface area contributed by atoms with Gasteiger partial charge in [-0.2, -0.15) is 0 Å². The third-order valence-electron chi connectivity index (χ3n) is 6.58. The summed E-state index contributed by atoms with van der Waals surface area (Å²) in [5.41, 5.74) is -0.185. The van der Waals surface area contributed by atoms with Gasteiger partial charge in [-0.05, 0) is 52.3 Å². The lowest BCUT2D eigenvalue weighted by atomic mass is 9.69. The number of amides is 1. The van der Waals surface area contributed by atoms with Gasteiger partial charge in [-0.15, -0.1) is 0 Å². The first-order valence-corrected chi connectivity index (χ1v) is 12.0. The van der Waals surface area contributed by atoms with Gasteiger partial charge < -0.3 is 19.5 Å². The number of carbonyl (C=O) groups is 2. The SMILES string of the molecule is CC(C)(C)OC(=O)N1CCN(CCCCC2(C(=O)O)c3ccccc3Oc3ccccc32)CC1. The van der Waals surface area contributed by atoms with Gasteiger partial charge in [0.2, 0.25) is 0 Å². The summed E-state index contributed by atoms with van der Waals surface area (Å²) in [6, 6.07) is 14.9. The standard InChI is InChI=1S/C27H34N2O5/c1-26(2,3)34-25(32)29-18-16-28(17-19-29)15-9-8-14-27(24(30)31)20-10-4-6-12-22(20)33-23-13-7-5-11-21(23)27/h4-7,10-13H,8-9,14-19H2,1-3H3,(H,30,31). The minimum absolute atomic E-state index is 0.257. The number of ether oxygens (including phenoxy) is 2. The highest BCUT2D eigenvalue weighted by Crippen LogP contribution is 2.50. The predicted octanol–water partition coefficient (Wildman–Crippen LogP) is 4.89. The quantitative estimate of drug-likeness (QED) is 0.611. The highest BCUT2D eigenvalue weighted by atomic mass is 16.6. The molecule has 0 aromatic heterocycles. The summed E-state index contributed by atoms with van der Waals surface area (Å²) in [5, 5.41) is 10.5. The van der Waals surface area contributed by atoms with Crippen molar-refractivity contribution >= 4 is 12.1 Å². The Labute approximate surface area is 201 Å². The number of nitrogens with zero attached hydrogens (tertiary/aromatic N) is 2. The van der Waals surface area contributed by atoms with Gasteiger partial charge in [0.15, 0.2) is 0 Å². The first kappa shape index (κ1) is 24.1. The number of unbranched alkanes of at least 4 members (excludes halogenated alkanes) is 1. The van der Waals surface area contributed by atoms with E-state index in [9.17, 15) is 14.7 Å². The summed E-state index contributed by atoms with van der Waals surface area (Å²) < 4.78 is 11.5. The topological polar surface area (TPSA) is 79.3 Å². The van der Waals surface area contributed by atoms with Crippen molar-refractivity contribution in [1.29, 1.82) is 0 Å². The van der Waals surface area contributed by atoms with Gasteiger partial charge in [0.05, 0.1) is 0 Å². The summed E-state index contributed by atoms with van der Waals surface area (Å²) in [4.78, 5) is 29.2. The average molecular weight is 467 g/mol. The molecule has 1 amide bonds. The summed E-state index contributed by atoms with van der Waals surface area (Å²) >= 11 is 0.